The van der Waals surface area contributed by atoms with Crippen molar-refractivity contribution >= 4 is 16.8 Å². The number of aromatic nitrogens is 2. The van der Waals surface area contributed by atoms with E-state index >= 15 is 0 Å². The van der Waals surface area contributed by atoms with Gasteiger partial charge >= 0.3 is 0 Å². The maximum atomic E-state index is 13.6. The van der Waals surface area contributed by atoms with Crippen LogP contribution in [0, 0.1) is 0 Å². The van der Waals surface area contributed by atoms with Crippen molar-refractivity contribution < 1.29 is 4.79 Å². The van der Waals surface area contributed by atoms with Crippen LogP contribution in [0.5, 0.6) is 0 Å². The number of carbonyl (C=O) groups excluding carboxylic acids is 1. The van der Waals surface area contributed by atoms with Crippen molar-refractivity contribution in [3.05, 3.63) is 102 Å². The third-order valence-electron chi connectivity index (χ3n) is 5.80. The van der Waals surface area contributed by atoms with E-state index in [2.05, 4.69) is 52.0 Å². The molecule has 1 fully saturated rings. The summed E-state index contributed by atoms with van der Waals surface area (Å²) >= 11 is 0. The molecule has 0 radical (unpaired) electrons. The zero-order valence-electron chi connectivity index (χ0n) is 16.2. The van der Waals surface area contributed by atoms with Crippen LogP contribution in [0.3, 0.4) is 0 Å². The lowest BCUT2D eigenvalue weighted by atomic mass is 10.1. The molecule has 1 atom stereocenters. The van der Waals surface area contributed by atoms with Gasteiger partial charge in [0.2, 0.25) is 0 Å². The van der Waals surface area contributed by atoms with E-state index in [-0.39, 0.29) is 11.9 Å². The summed E-state index contributed by atoms with van der Waals surface area (Å²) in [7, 11) is 0. The molecular formula is C25H23N3O. The van der Waals surface area contributed by atoms with Crippen molar-refractivity contribution in [3.63, 3.8) is 0 Å². The molecule has 2 aromatic heterocycles. The first-order valence-corrected chi connectivity index (χ1v) is 10.1. The molecule has 0 N–H and O–H groups in total. The molecule has 4 aromatic rings. The summed E-state index contributed by atoms with van der Waals surface area (Å²) in [5, 5.41) is 1.02. The molecule has 0 unspecified atom stereocenters. The molecule has 4 heteroatoms. The molecule has 0 bridgehead atoms. The van der Waals surface area contributed by atoms with Gasteiger partial charge in [-0.05, 0) is 36.1 Å². The van der Waals surface area contributed by atoms with E-state index in [1.54, 1.807) is 6.20 Å². The average Bonchev–Trinajstić information content (AvgIpc) is 3.41. The molecule has 144 valence electrons. The predicted octanol–water partition coefficient (Wildman–Crippen LogP) is 5.06. The number of para-hydroxylation sites is 1. The number of carbonyl (C=O) groups is 1. The van der Waals surface area contributed by atoms with Crippen LogP contribution in [-0.2, 0) is 6.54 Å². The SMILES string of the molecule is O=C(c1cn(Cc2ccccc2)c2ccccc12)N1CCC[C@H]1c1cccnc1. The zero-order valence-corrected chi connectivity index (χ0v) is 16.2. The highest BCUT2D eigenvalue weighted by Gasteiger charge is 2.32. The summed E-state index contributed by atoms with van der Waals surface area (Å²) in [5.74, 6) is 0.111. The van der Waals surface area contributed by atoms with Gasteiger partial charge in [-0.3, -0.25) is 9.78 Å². The van der Waals surface area contributed by atoms with Gasteiger partial charge in [-0.25, -0.2) is 0 Å². The van der Waals surface area contributed by atoms with Gasteiger partial charge in [-0.2, -0.15) is 0 Å². The van der Waals surface area contributed by atoms with Crippen molar-refractivity contribution in [1.82, 2.24) is 14.5 Å². The van der Waals surface area contributed by atoms with E-state index in [4.69, 9.17) is 0 Å². The lowest BCUT2D eigenvalue weighted by Gasteiger charge is -2.24. The molecule has 1 aliphatic heterocycles. The second-order valence-corrected chi connectivity index (χ2v) is 7.62. The van der Waals surface area contributed by atoms with E-state index in [1.807, 2.05) is 41.6 Å². The minimum atomic E-state index is 0.104. The highest BCUT2D eigenvalue weighted by molar-refractivity contribution is 6.07. The van der Waals surface area contributed by atoms with Crippen LogP contribution in [0.25, 0.3) is 10.9 Å². The van der Waals surface area contributed by atoms with Gasteiger partial charge in [-0.15, -0.1) is 0 Å². The normalized spacial score (nSPS) is 16.4. The quantitative estimate of drug-likeness (QED) is 0.495. The third-order valence-corrected chi connectivity index (χ3v) is 5.80. The van der Waals surface area contributed by atoms with Gasteiger partial charge in [0.1, 0.15) is 0 Å². The van der Waals surface area contributed by atoms with Gasteiger partial charge in [0.25, 0.3) is 5.91 Å². The molecule has 4 nitrogen and oxygen atoms in total. The summed E-state index contributed by atoms with van der Waals surface area (Å²) in [5.41, 5.74) is 4.22. The number of hydrogen-bond acceptors (Lipinski definition) is 2. The van der Waals surface area contributed by atoms with Crippen molar-refractivity contribution in [2.24, 2.45) is 0 Å². The summed E-state index contributed by atoms with van der Waals surface area (Å²) < 4.78 is 2.19. The third kappa shape index (κ3) is 3.31. The molecule has 5 rings (SSSR count). The largest absolute Gasteiger partial charge is 0.342 e. The highest BCUT2D eigenvalue weighted by Crippen LogP contribution is 2.34. The molecule has 1 aliphatic rings. The van der Waals surface area contributed by atoms with E-state index in [0.29, 0.717) is 0 Å². The summed E-state index contributed by atoms with van der Waals surface area (Å²) in [6, 6.07) is 22.7. The first-order chi connectivity index (χ1) is 14.3. The fraction of sp³-hybridized carbons (Fsp3) is 0.200. The maximum absolute atomic E-state index is 13.6. The zero-order chi connectivity index (χ0) is 19.6. The number of fused-ring (bicyclic) bond motifs is 1. The smallest absolute Gasteiger partial charge is 0.256 e. The predicted molar refractivity (Wildman–Crippen MR) is 115 cm³/mol. The van der Waals surface area contributed by atoms with Gasteiger partial charge in [0.05, 0.1) is 11.6 Å². The standard InChI is InChI=1S/C25H23N3O/c29-25(28-15-7-13-23(28)20-10-6-14-26-16-20)22-18-27(17-19-8-2-1-3-9-19)24-12-5-4-11-21(22)24/h1-6,8-12,14,16,18,23H,7,13,15,17H2/t23-/m0/s1. The molecular weight excluding hydrogens is 358 g/mol. The Morgan fingerprint density at radius 3 is 2.66 bits per heavy atom. The van der Waals surface area contributed by atoms with E-state index < -0.39 is 0 Å². The van der Waals surface area contributed by atoms with Gasteiger partial charge in [0, 0.05) is 42.6 Å². The number of benzene rings is 2. The summed E-state index contributed by atoms with van der Waals surface area (Å²) in [6.45, 7) is 1.54. The lowest BCUT2D eigenvalue weighted by molar-refractivity contribution is 0.0737. The average molecular weight is 381 g/mol. The molecule has 0 spiro atoms. The Balaban J connectivity index is 1.52. The van der Waals surface area contributed by atoms with Gasteiger partial charge in [-0.1, -0.05) is 54.6 Å². The molecule has 0 saturated carbocycles. The topological polar surface area (TPSA) is 38.1 Å². The Labute approximate surface area is 170 Å². The van der Waals surface area contributed by atoms with Crippen molar-refractivity contribution in [2.75, 3.05) is 6.54 Å². The fourth-order valence-electron chi connectivity index (χ4n) is 4.41. The van der Waals surface area contributed by atoms with Gasteiger partial charge < -0.3 is 9.47 Å². The number of nitrogens with zero attached hydrogens (tertiary/aromatic N) is 3. The van der Waals surface area contributed by atoms with Crippen molar-refractivity contribution in [3.8, 4) is 0 Å². The van der Waals surface area contributed by atoms with Crippen LogP contribution in [0.1, 0.15) is 40.4 Å². The van der Waals surface area contributed by atoms with Crippen LogP contribution < -0.4 is 0 Å². The Morgan fingerprint density at radius 2 is 1.83 bits per heavy atom. The second-order valence-electron chi connectivity index (χ2n) is 7.62. The molecule has 29 heavy (non-hydrogen) atoms. The van der Waals surface area contributed by atoms with E-state index in [0.717, 1.165) is 48.0 Å². The molecule has 2 aromatic carbocycles. The summed E-state index contributed by atoms with van der Waals surface area (Å²) in [6.07, 6.45) is 7.70. The van der Waals surface area contributed by atoms with Gasteiger partial charge in [0.15, 0.2) is 0 Å². The number of hydrogen-bond donors (Lipinski definition) is 0. The fourth-order valence-corrected chi connectivity index (χ4v) is 4.41. The van der Waals surface area contributed by atoms with Crippen LogP contribution in [0.15, 0.2) is 85.3 Å². The number of amides is 1. The van der Waals surface area contributed by atoms with Crippen LogP contribution in [-0.4, -0.2) is 26.9 Å². The number of rotatable bonds is 4. The number of likely N-dealkylation sites (tertiary alicyclic amines) is 1. The van der Waals surface area contributed by atoms with E-state index in [9.17, 15) is 4.79 Å². The van der Waals surface area contributed by atoms with Crippen LogP contribution >= 0.6 is 0 Å². The van der Waals surface area contributed by atoms with Crippen molar-refractivity contribution in [2.45, 2.75) is 25.4 Å². The van der Waals surface area contributed by atoms with E-state index in [1.165, 1.54) is 5.56 Å². The Morgan fingerprint density at radius 1 is 1.00 bits per heavy atom. The van der Waals surface area contributed by atoms with Crippen molar-refractivity contribution in [1.29, 1.82) is 0 Å². The lowest BCUT2D eigenvalue weighted by Crippen LogP contribution is -2.30. The maximum Gasteiger partial charge on any atom is 0.256 e. The molecule has 3 heterocycles. The molecule has 1 amide bonds. The first kappa shape index (κ1) is 17.7. The van der Waals surface area contributed by atoms with Crippen LogP contribution in [0.2, 0.25) is 0 Å². The molecule has 0 aliphatic carbocycles. The second kappa shape index (κ2) is 7.55. The molecule has 1 saturated heterocycles. The summed E-state index contributed by atoms with van der Waals surface area (Å²) in [4.78, 5) is 19.9. The Kier molecular flexibility index (Phi) is 4.60. The Hall–Kier alpha value is -3.40. The van der Waals surface area contributed by atoms with Crippen LogP contribution in [0.4, 0.5) is 0 Å². The minimum absolute atomic E-state index is 0.104. The Bertz CT molecular complexity index is 1130. The first-order valence-electron chi connectivity index (χ1n) is 10.1. The monoisotopic (exact) mass is 381 g/mol. The number of pyridine rings is 1. The highest BCUT2D eigenvalue weighted by atomic mass is 16.2. The minimum Gasteiger partial charge on any atom is -0.342 e.